The van der Waals surface area contributed by atoms with Gasteiger partial charge >= 0.3 is 5.97 Å². The van der Waals surface area contributed by atoms with Crippen LogP contribution in [-0.4, -0.2) is 34.1 Å². The number of carboxylic acid groups (broad SMARTS) is 1. The SMILES string of the molecule is CC(C)c1nc(C(=O)O)c(-c2ccccc2)c(N2CCC2)n1. The molecule has 1 aromatic heterocycles. The Kier molecular flexibility index (Phi) is 3.79. The van der Waals surface area contributed by atoms with Crippen LogP contribution >= 0.6 is 0 Å². The van der Waals surface area contributed by atoms with Gasteiger partial charge in [-0.2, -0.15) is 0 Å². The van der Waals surface area contributed by atoms with Crippen molar-refractivity contribution in [3.05, 3.63) is 41.9 Å². The van der Waals surface area contributed by atoms with Crippen molar-refractivity contribution in [3.8, 4) is 11.1 Å². The molecule has 0 aliphatic carbocycles. The predicted molar refractivity (Wildman–Crippen MR) is 85.3 cm³/mol. The van der Waals surface area contributed by atoms with E-state index >= 15 is 0 Å². The maximum atomic E-state index is 11.7. The zero-order chi connectivity index (χ0) is 15.7. The Labute approximate surface area is 129 Å². The van der Waals surface area contributed by atoms with E-state index in [0.717, 1.165) is 30.9 Å². The van der Waals surface area contributed by atoms with Crippen LogP contribution in [0.2, 0.25) is 0 Å². The molecule has 0 unspecified atom stereocenters. The first-order valence-corrected chi connectivity index (χ1v) is 7.53. The van der Waals surface area contributed by atoms with Crippen LogP contribution < -0.4 is 4.90 Å². The van der Waals surface area contributed by atoms with E-state index in [1.165, 1.54) is 0 Å². The summed E-state index contributed by atoms with van der Waals surface area (Å²) in [4.78, 5) is 22.8. The fourth-order valence-corrected chi connectivity index (χ4v) is 2.51. The van der Waals surface area contributed by atoms with Crippen molar-refractivity contribution in [3.63, 3.8) is 0 Å². The summed E-state index contributed by atoms with van der Waals surface area (Å²) in [6.45, 7) is 5.77. The summed E-state index contributed by atoms with van der Waals surface area (Å²) in [5, 5.41) is 9.62. The minimum Gasteiger partial charge on any atom is -0.476 e. The van der Waals surface area contributed by atoms with E-state index < -0.39 is 5.97 Å². The molecule has 0 radical (unpaired) electrons. The summed E-state index contributed by atoms with van der Waals surface area (Å²) in [5.74, 6) is 0.403. The average molecular weight is 297 g/mol. The van der Waals surface area contributed by atoms with Gasteiger partial charge in [0.25, 0.3) is 0 Å². The van der Waals surface area contributed by atoms with Crippen LogP contribution in [0.5, 0.6) is 0 Å². The van der Waals surface area contributed by atoms with Gasteiger partial charge in [0.2, 0.25) is 0 Å². The Morgan fingerprint density at radius 2 is 1.86 bits per heavy atom. The van der Waals surface area contributed by atoms with E-state index in [4.69, 9.17) is 0 Å². The fraction of sp³-hybridized carbons (Fsp3) is 0.353. The number of nitrogens with zero attached hydrogens (tertiary/aromatic N) is 3. The van der Waals surface area contributed by atoms with E-state index in [0.29, 0.717) is 11.4 Å². The molecule has 1 N–H and O–H groups in total. The smallest absolute Gasteiger partial charge is 0.355 e. The van der Waals surface area contributed by atoms with Gasteiger partial charge in [-0.25, -0.2) is 14.8 Å². The number of hydrogen-bond acceptors (Lipinski definition) is 4. The average Bonchev–Trinajstić information content (AvgIpc) is 2.45. The van der Waals surface area contributed by atoms with Gasteiger partial charge in [0.1, 0.15) is 11.6 Å². The summed E-state index contributed by atoms with van der Waals surface area (Å²) in [7, 11) is 0. The number of hydrogen-bond donors (Lipinski definition) is 1. The molecule has 0 saturated carbocycles. The molecule has 5 heteroatoms. The van der Waals surface area contributed by atoms with E-state index in [2.05, 4.69) is 14.9 Å². The molecule has 22 heavy (non-hydrogen) atoms. The maximum absolute atomic E-state index is 11.7. The number of rotatable bonds is 4. The molecule has 114 valence electrons. The van der Waals surface area contributed by atoms with Gasteiger partial charge in [-0.1, -0.05) is 44.2 Å². The zero-order valence-electron chi connectivity index (χ0n) is 12.8. The Morgan fingerprint density at radius 1 is 1.18 bits per heavy atom. The number of aromatic nitrogens is 2. The van der Waals surface area contributed by atoms with E-state index in [-0.39, 0.29) is 11.6 Å². The van der Waals surface area contributed by atoms with Gasteiger partial charge < -0.3 is 10.0 Å². The highest BCUT2D eigenvalue weighted by molar-refractivity contribution is 5.97. The lowest BCUT2D eigenvalue weighted by atomic mass is 10.0. The van der Waals surface area contributed by atoms with E-state index in [1.807, 2.05) is 44.2 Å². The number of aromatic carboxylic acids is 1. The molecule has 1 aromatic carbocycles. The Morgan fingerprint density at radius 3 is 2.36 bits per heavy atom. The van der Waals surface area contributed by atoms with E-state index in [1.54, 1.807) is 0 Å². The normalized spacial score (nSPS) is 14.0. The molecule has 2 aromatic rings. The Balaban J connectivity index is 2.26. The molecule has 1 aliphatic rings. The Bertz CT molecular complexity index is 695. The van der Waals surface area contributed by atoms with Crippen LogP contribution in [0, 0.1) is 0 Å². The first-order chi connectivity index (χ1) is 10.6. The largest absolute Gasteiger partial charge is 0.476 e. The van der Waals surface area contributed by atoms with Gasteiger partial charge in [0, 0.05) is 19.0 Å². The first kappa shape index (κ1) is 14.5. The highest BCUT2D eigenvalue weighted by Gasteiger charge is 2.27. The van der Waals surface area contributed by atoms with Crippen molar-refractivity contribution in [2.75, 3.05) is 18.0 Å². The molecule has 3 rings (SSSR count). The van der Waals surface area contributed by atoms with Gasteiger partial charge in [-0.05, 0) is 12.0 Å². The third-order valence-corrected chi connectivity index (χ3v) is 3.84. The lowest BCUT2D eigenvalue weighted by Crippen LogP contribution is -2.38. The second-order valence-corrected chi connectivity index (χ2v) is 5.80. The molecular weight excluding hydrogens is 278 g/mol. The third kappa shape index (κ3) is 2.54. The third-order valence-electron chi connectivity index (χ3n) is 3.84. The van der Waals surface area contributed by atoms with Crippen molar-refractivity contribution in [2.24, 2.45) is 0 Å². The highest BCUT2D eigenvalue weighted by Crippen LogP contribution is 2.35. The fourth-order valence-electron chi connectivity index (χ4n) is 2.51. The summed E-state index contributed by atoms with van der Waals surface area (Å²) in [6.07, 6.45) is 1.11. The first-order valence-electron chi connectivity index (χ1n) is 7.53. The summed E-state index contributed by atoms with van der Waals surface area (Å²) < 4.78 is 0. The second-order valence-electron chi connectivity index (χ2n) is 5.80. The molecule has 5 nitrogen and oxygen atoms in total. The molecule has 0 amide bonds. The van der Waals surface area contributed by atoms with Crippen molar-refractivity contribution in [1.82, 2.24) is 9.97 Å². The summed E-state index contributed by atoms with van der Waals surface area (Å²) >= 11 is 0. The van der Waals surface area contributed by atoms with Crippen molar-refractivity contribution in [1.29, 1.82) is 0 Å². The minimum absolute atomic E-state index is 0.0861. The standard InChI is InChI=1S/C17H19N3O2/c1-11(2)15-18-14(17(21)22)13(12-7-4-3-5-8-12)16(19-15)20-9-6-10-20/h3-5,7-8,11H,6,9-10H2,1-2H3,(H,21,22). The van der Waals surface area contributed by atoms with Crippen molar-refractivity contribution < 1.29 is 9.90 Å². The highest BCUT2D eigenvalue weighted by atomic mass is 16.4. The van der Waals surface area contributed by atoms with Gasteiger partial charge in [0.15, 0.2) is 5.69 Å². The zero-order valence-corrected chi connectivity index (χ0v) is 12.8. The van der Waals surface area contributed by atoms with Crippen LogP contribution in [0.1, 0.15) is 42.5 Å². The molecule has 0 spiro atoms. The van der Waals surface area contributed by atoms with Crippen LogP contribution in [0.3, 0.4) is 0 Å². The molecule has 0 bridgehead atoms. The molecule has 1 saturated heterocycles. The molecule has 1 aliphatic heterocycles. The van der Waals surface area contributed by atoms with Crippen LogP contribution in [0.4, 0.5) is 5.82 Å². The van der Waals surface area contributed by atoms with E-state index in [9.17, 15) is 9.90 Å². The molecule has 0 atom stereocenters. The molecule has 1 fully saturated rings. The van der Waals surface area contributed by atoms with Crippen molar-refractivity contribution in [2.45, 2.75) is 26.2 Å². The number of carbonyl (C=O) groups is 1. The topological polar surface area (TPSA) is 66.3 Å². The van der Waals surface area contributed by atoms with Gasteiger partial charge in [-0.3, -0.25) is 0 Å². The van der Waals surface area contributed by atoms with Gasteiger partial charge in [0.05, 0.1) is 5.56 Å². The minimum atomic E-state index is -1.01. The van der Waals surface area contributed by atoms with Gasteiger partial charge in [-0.15, -0.1) is 0 Å². The number of carboxylic acids is 1. The number of benzene rings is 1. The van der Waals surface area contributed by atoms with Crippen molar-refractivity contribution >= 4 is 11.8 Å². The van der Waals surface area contributed by atoms with Crippen LogP contribution in [-0.2, 0) is 0 Å². The quantitative estimate of drug-likeness (QED) is 0.939. The van der Waals surface area contributed by atoms with Crippen LogP contribution in [0.25, 0.3) is 11.1 Å². The number of anilines is 1. The lowest BCUT2D eigenvalue weighted by Gasteiger charge is -2.34. The maximum Gasteiger partial charge on any atom is 0.355 e. The second kappa shape index (κ2) is 5.75. The molecule has 2 heterocycles. The molecular formula is C17H19N3O2. The summed E-state index contributed by atoms with van der Waals surface area (Å²) in [5.41, 5.74) is 1.56. The lowest BCUT2D eigenvalue weighted by molar-refractivity contribution is 0.0691. The summed E-state index contributed by atoms with van der Waals surface area (Å²) in [6, 6.07) is 9.53. The predicted octanol–water partition coefficient (Wildman–Crippen LogP) is 3.18. The Hall–Kier alpha value is -2.43. The van der Waals surface area contributed by atoms with Crippen LogP contribution in [0.15, 0.2) is 30.3 Å². The monoisotopic (exact) mass is 297 g/mol.